The van der Waals surface area contributed by atoms with Gasteiger partial charge in [0.1, 0.15) is 0 Å². The molecule has 5 heterocycles. The monoisotopic (exact) mass is 762 g/mol. The van der Waals surface area contributed by atoms with Crippen LogP contribution >= 0.6 is 34.8 Å². The second-order valence-electron chi connectivity index (χ2n) is 13.4. The molecule has 0 radical (unpaired) electrons. The SMILES string of the molecule is COc1nc(-c2cccc(-c3ccnc(-c4cc(Cl)c5c(c4)CCN(C[C@@H]4CCC(=O)N4)C5)c3Cl)c2Cl)ccc1CN(C[C@@H]1CCC(=O)N1)C(=O)O. The number of halogens is 3. The molecule has 52 heavy (non-hydrogen) atoms. The number of rotatable bonds is 10. The van der Waals surface area contributed by atoms with Crippen LogP contribution in [0.4, 0.5) is 4.79 Å². The van der Waals surface area contributed by atoms with Crippen LogP contribution in [0.1, 0.15) is 42.4 Å². The molecule has 0 saturated carbocycles. The number of carboxylic acid groups (broad SMARTS) is 1. The largest absolute Gasteiger partial charge is 0.481 e. The Balaban J connectivity index is 1.13. The van der Waals surface area contributed by atoms with Gasteiger partial charge in [0.15, 0.2) is 0 Å². The summed E-state index contributed by atoms with van der Waals surface area (Å²) >= 11 is 21.1. The third-order valence-corrected chi connectivity index (χ3v) is 11.1. The van der Waals surface area contributed by atoms with Gasteiger partial charge >= 0.3 is 6.09 Å². The average molecular weight is 764 g/mol. The minimum atomic E-state index is -1.10. The molecule has 7 rings (SSSR count). The lowest BCUT2D eigenvalue weighted by molar-refractivity contribution is -0.120. The van der Waals surface area contributed by atoms with E-state index in [1.165, 1.54) is 12.0 Å². The maximum Gasteiger partial charge on any atom is 0.407 e. The molecule has 0 spiro atoms. The van der Waals surface area contributed by atoms with Crippen LogP contribution in [0, 0.1) is 0 Å². The molecule has 0 aliphatic carbocycles. The van der Waals surface area contributed by atoms with Gasteiger partial charge < -0.3 is 25.4 Å². The zero-order chi connectivity index (χ0) is 36.5. The Kier molecular flexibility index (Phi) is 10.6. The molecule has 270 valence electrons. The van der Waals surface area contributed by atoms with Gasteiger partial charge in [0.05, 0.1) is 35.1 Å². The van der Waals surface area contributed by atoms with Crippen molar-refractivity contribution in [1.82, 2.24) is 30.4 Å². The molecule has 2 fully saturated rings. The Morgan fingerprint density at radius 3 is 2.40 bits per heavy atom. The highest BCUT2D eigenvalue weighted by Crippen LogP contribution is 2.43. The molecule has 0 unspecified atom stereocenters. The number of carbonyl (C=O) groups is 3. The molecule has 4 aromatic rings. The second-order valence-corrected chi connectivity index (χ2v) is 14.6. The van der Waals surface area contributed by atoms with Gasteiger partial charge in [-0.2, -0.15) is 0 Å². The van der Waals surface area contributed by atoms with Crippen molar-refractivity contribution in [2.45, 2.75) is 57.3 Å². The number of fused-ring (bicyclic) bond motifs is 1. The summed E-state index contributed by atoms with van der Waals surface area (Å²) in [4.78, 5) is 48.4. The zero-order valence-electron chi connectivity index (χ0n) is 28.4. The quantitative estimate of drug-likeness (QED) is 0.160. The summed E-state index contributed by atoms with van der Waals surface area (Å²) in [6, 6.07) is 14.9. The van der Waals surface area contributed by atoms with Crippen LogP contribution in [0.2, 0.25) is 15.1 Å². The van der Waals surface area contributed by atoms with Crippen LogP contribution in [-0.2, 0) is 29.1 Å². The highest BCUT2D eigenvalue weighted by atomic mass is 35.5. The molecule has 0 bridgehead atoms. The van der Waals surface area contributed by atoms with Crippen LogP contribution in [0.15, 0.2) is 54.7 Å². The van der Waals surface area contributed by atoms with Gasteiger partial charge in [0.25, 0.3) is 0 Å². The Labute approximate surface area is 316 Å². The Bertz CT molecular complexity index is 2060. The Hall–Kier alpha value is -4.42. The van der Waals surface area contributed by atoms with Crippen LogP contribution in [0.25, 0.3) is 33.6 Å². The van der Waals surface area contributed by atoms with Gasteiger partial charge in [-0.3, -0.25) is 19.5 Å². The van der Waals surface area contributed by atoms with Crippen molar-refractivity contribution in [1.29, 1.82) is 0 Å². The summed E-state index contributed by atoms with van der Waals surface area (Å²) in [6.07, 6.45) is 3.82. The number of nitrogens with one attached hydrogen (secondary N) is 2. The first kappa shape index (κ1) is 36.0. The van der Waals surface area contributed by atoms with E-state index < -0.39 is 6.09 Å². The maximum absolute atomic E-state index is 12.1. The number of nitrogens with zero attached hydrogens (tertiary/aromatic N) is 4. The number of methoxy groups -OCH3 is 1. The molecule has 3 N–H and O–H groups in total. The summed E-state index contributed by atoms with van der Waals surface area (Å²) in [6.45, 7) is 2.57. The van der Waals surface area contributed by atoms with Gasteiger partial charge in [0.2, 0.25) is 17.7 Å². The number of amides is 3. The van der Waals surface area contributed by atoms with E-state index in [0.29, 0.717) is 74.5 Å². The third-order valence-electron chi connectivity index (χ3n) is 9.95. The van der Waals surface area contributed by atoms with Crippen LogP contribution in [-0.4, -0.2) is 81.6 Å². The molecule has 2 aromatic heterocycles. The highest BCUT2D eigenvalue weighted by molar-refractivity contribution is 6.39. The Morgan fingerprint density at radius 1 is 0.962 bits per heavy atom. The van der Waals surface area contributed by atoms with E-state index in [1.54, 1.807) is 18.3 Å². The molecule has 2 saturated heterocycles. The van der Waals surface area contributed by atoms with E-state index in [-0.39, 0.29) is 42.9 Å². The van der Waals surface area contributed by atoms with E-state index in [1.807, 2.05) is 30.3 Å². The minimum absolute atomic E-state index is 0.0341. The predicted molar refractivity (Wildman–Crippen MR) is 200 cm³/mol. The maximum atomic E-state index is 12.1. The summed E-state index contributed by atoms with van der Waals surface area (Å²) in [7, 11) is 1.48. The van der Waals surface area contributed by atoms with Crippen molar-refractivity contribution in [3.05, 3.63) is 86.5 Å². The zero-order valence-corrected chi connectivity index (χ0v) is 30.7. The lowest BCUT2D eigenvalue weighted by Gasteiger charge is -2.31. The van der Waals surface area contributed by atoms with Gasteiger partial charge in [0, 0.05) is 90.1 Å². The molecule has 3 aliphatic rings. The van der Waals surface area contributed by atoms with E-state index in [9.17, 15) is 19.5 Å². The topological polar surface area (TPSA) is 137 Å². The fourth-order valence-electron chi connectivity index (χ4n) is 7.30. The second kappa shape index (κ2) is 15.3. The smallest absolute Gasteiger partial charge is 0.407 e. The van der Waals surface area contributed by atoms with E-state index in [2.05, 4.69) is 26.6 Å². The lowest BCUT2D eigenvalue weighted by Crippen LogP contribution is -2.41. The fraction of sp³-hybridized carbons (Fsp3) is 0.342. The summed E-state index contributed by atoms with van der Waals surface area (Å²) in [5, 5.41) is 17.3. The number of carbonyl (C=O) groups excluding carboxylic acids is 2. The van der Waals surface area contributed by atoms with Crippen LogP contribution in [0.3, 0.4) is 0 Å². The number of benzene rings is 2. The van der Waals surface area contributed by atoms with Crippen molar-refractivity contribution in [2.75, 3.05) is 26.7 Å². The standard InChI is InChI=1S/C38H37Cl3N6O5/c1-52-37-22(17-47(38(50)51)19-25-7-10-33(49)44-25)5-8-31(45-37)28-4-2-3-26(34(28)40)27-11-13-42-36(35(27)41)23-15-21-12-14-46(20-29(21)30(39)16-23)18-24-6-9-32(48)43-24/h2-5,8,11,13,15-16,24-25H,6-7,9-10,12,14,17-20H2,1H3,(H,43,48)(H,44,49)(H,50,51)/t24-,25-/m0/s1. The first-order valence-electron chi connectivity index (χ1n) is 17.2. The number of pyridine rings is 2. The van der Waals surface area contributed by atoms with Crippen molar-refractivity contribution >= 4 is 52.7 Å². The molecule has 14 heteroatoms. The summed E-state index contributed by atoms with van der Waals surface area (Å²) in [5.74, 6) is 0.306. The van der Waals surface area contributed by atoms with Crippen molar-refractivity contribution in [3.8, 4) is 39.5 Å². The predicted octanol–water partition coefficient (Wildman–Crippen LogP) is 6.84. The van der Waals surface area contributed by atoms with Crippen molar-refractivity contribution < 1.29 is 24.2 Å². The fourth-order valence-corrected chi connectivity index (χ4v) is 8.24. The molecular weight excluding hydrogens is 727 g/mol. The van der Waals surface area contributed by atoms with Crippen molar-refractivity contribution in [3.63, 3.8) is 0 Å². The van der Waals surface area contributed by atoms with Crippen LogP contribution in [0.5, 0.6) is 5.88 Å². The number of ether oxygens (including phenoxy) is 1. The first-order valence-corrected chi connectivity index (χ1v) is 18.3. The van der Waals surface area contributed by atoms with Gasteiger partial charge in [-0.1, -0.05) is 53.0 Å². The van der Waals surface area contributed by atoms with Crippen LogP contribution < -0.4 is 15.4 Å². The van der Waals surface area contributed by atoms with E-state index in [4.69, 9.17) is 44.5 Å². The number of hydrogen-bond donors (Lipinski definition) is 3. The molecule has 2 aromatic carbocycles. The van der Waals surface area contributed by atoms with E-state index in [0.717, 1.165) is 42.6 Å². The summed E-state index contributed by atoms with van der Waals surface area (Å²) in [5.41, 5.74) is 6.76. The average Bonchev–Trinajstić information content (AvgIpc) is 3.74. The molecule has 2 atom stereocenters. The minimum Gasteiger partial charge on any atom is -0.481 e. The summed E-state index contributed by atoms with van der Waals surface area (Å²) < 4.78 is 5.60. The number of aromatic nitrogens is 2. The normalized spacial score (nSPS) is 18.5. The first-order chi connectivity index (χ1) is 25.1. The highest BCUT2D eigenvalue weighted by Gasteiger charge is 2.28. The molecule has 3 aliphatic heterocycles. The van der Waals surface area contributed by atoms with E-state index >= 15 is 0 Å². The molecular formula is C38H37Cl3N6O5. The molecule has 3 amide bonds. The van der Waals surface area contributed by atoms with Crippen molar-refractivity contribution in [2.24, 2.45) is 0 Å². The van der Waals surface area contributed by atoms with Gasteiger partial charge in [-0.25, -0.2) is 9.78 Å². The Morgan fingerprint density at radius 2 is 1.69 bits per heavy atom. The van der Waals surface area contributed by atoms with Gasteiger partial charge in [-0.15, -0.1) is 0 Å². The lowest BCUT2D eigenvalue weighted by atomic mass is 9.94. The third kappa shape index (κ3) is 7.54. The molecule has 11 nitrogen and oxygen atoms in total. The number of hydrogen-bond acceptors (Lipinski definition) is 7. The van der Waals surface area contributed by atoms with Gasteiger partial charge in [-0.05, 0) is 60.7 Å².